The van der Waals surface area contributed by atoms with E-state index in [4.69, 9.17) is 9.47 Å². The second-order valence-electron chi connectivity index (χ2n) is 6.99. The van der Waals surface area contributed by atoms with Gasteiger partial charge in [-0.15, -0.1) is 0 Å². The SMILES string of the molecule is CN1CCC(CNC(=O)C2OCOc3ccccc32)(N(C)C)CC1. The van der Waals surface area contributed by atoms with Gasteiger partial charge in [-0.25, -0.2) is 0 Å². The molecule has 0 spiro atoms. The first-order valence-corrected chi connectivity index (χ1v) is 8.49. The molecule has 2 aliphatic rings. The number of para-hydroxylation sites is 1. The van der Waals surface area contributed by atoms with Crippen LogP contribution in [0.5, 0.6) is 5.75 Å². The summed E-state index contributed by atoms with van der Waals surface area (Å²) in [4.78, 5) is 17.3. The number of nitrogens with zero attached hydrogens (tertiary/aromatic N) is 2. The number of likely N-dealkylation sites (N-methyl/N-ethyl adjacent to an activating group) is 1. The Kier molecular flexibility index (Phi) is 5.08. The van der Waals surface area contributed by atoms with E-state index in [1.807, 2.05) is 24.3 Å². The second kappa shape index (κ2) is 7.09. The first-order valence-electron chi connectivity index (χ1n) is 8.49. The first-order chi connectivity index (χ1) is 11.5. The van der Waals surface area contributed by atoms with Crippen molar-refractivity contribution in [3.8, 4) is 5.75 Å². The van der Waals surface area contributed by atoms with Crippen molar-refractivity contribution < 1.29 is 14.3 Å². The zero-order valence-corrected chi connectivity index (χ0v) is 14.7. The third-order valence-corrected chi connectivity index (χ3v) is 5.35. The Morgan fingerprint density at radius 3 is 2.75 bits per heavy atom. The van der Waals surface area contributed by atoms with Crippen molar-refractivity contribution in [2.45, 2.75) is 24.5 Å². The molecule has 6 nitrogen and oxygen atoms in total. The lowest BCUT2D eigenvalue weighted by Gasteiger charge is -2.45. The molecule has 1 atom stereocenters. The number of carbonyl (C=O) groups excluding carboxylic acids is 1. The zero-order chi connectivity index (χ0) is 17.2. The van der Waals surface area contributed by atoms with E-state index < -0.39 is 6.10 Å². The summed E-state index contributed by atoms with van der Waals surface area (Å²) < 4.78 is 11.0. The summed E-state index contributed by atoms with van der Waals surface area (Å²) in [5, 5.41) is 3.12. The number of hydrogen-bond acceptors (Lipinski definition) is 5. The molecule has 0 aromatic heterocycles. The van der Waals surface area contributed by atoms with Crippen molar-refractivity contribution in [3.05, 3.63) is 29.8 Å². The highest BCUT2D eigenvalue weighted by molar-refractivity contribution is 5.83. The summed E-state index contributed by atoms with van der Waals surface area (Å²) >= 11 is 0. The van der Waals surface area contributed by atoms with Crippen LogP contribution in [0.15, 0.2) is 24.3 Å². The van der Waals surface area contributed by atoms with Crippen LogP contribution in [0.1, 0.15) is 24.5 Å². The molecule has 1 saturated heterocycles. The molecule has 0 bridgehead atoms. The Morgan fingerprint density at radius 1 is 1.33 bits per heavy atom. The molecule has 1 N–H and O–H groups in total. The molecule has 132 valence electrons. The highest BCUT2D eigenvalue weighted by Gasteiger charge is 2.37. The number of amides is 1. The third kappa shape index (κ3) is 3.41. The molecule has 1 aromatic rings. The van der Waals surface area contributed by atoms with Crippen LogP contribution in [-0.2, 0) is 9.53 Å². The average Bonchev–Trinajstić information content (AvgIpc) is 2.60. The van der Waals surface area contributed by atoms with Gasteiger partial charge in [0.2, 0.25) is 0 Å². The van der Waals surface area contributed by atoms with Gasteiger partial charge in [-0.3, -0.25) is 4.79 Å². The average molecular weight is 333 g/mol. The number of likely N-dealkylation sites (tertiary alicyclic amines) is 1. The van der Waals surface area contributed by atoms with E-state index in [9.17, 15) is 4.79 Å². The van der Waals surface area contributed by atoms with Crippen molar-refractivity contribution in [1.29, 1.82) is 0 Å². The number of nitrogens with one attached hydrogen (secondary N) is 1. The van der Waals surface area contributed by atoms with Gasteiger partial charge >= 0.3 is 0 Å². The van der Waals surface area contributed by atoms with Crippen molar-refractivity contribution >= 4 is 5.91 Å². The van der Waals surface area contributed by atoms with E-state index in [1.165, 1.54) is 0 Å². The molecular weight excluding hydrogens is 306 g/mol. The molecule has 0 radical (unpaired) electrons. The van der Waals surface area contributed by atoms with Crippen molar-refractivity contribution in [3.63, 3.8) is 0 Å². The van der Waals surface area contributed by atoms with E-state index in [0.29, 0.717) is 6.54 Å². The van der Waals surface area contributed by atoms with E-state index in [1.54, 1.807) is 0 Å². The lowest BCUT2D eigenvalue weighted by atomic mass is 9.86. The molecule has 2 aliphatic heterocycles. The lowest BCUT2D eigenvalue weighted by molar-refractivity contribution is -0.142. The molecule has 1 unspecified atom stereocenters. The van der Waals surface area contributed by atoms with Crippen LogP contribution in [0.3, 0.4) is 0 Å². The maximum absolute atomic E-state index is 12.7. The number of rotatable bonds is 4. The topological polar surface area (TPSA) is 54.0 Å². The number of fused-ring (bicyclic) bond motifs is 1. The Morgan fingerprint density at radius 2 is 2.04 bits per heavy atom. The van der Waals surface area contributed by atoms with Crippen LogP contribution in [0.25, 0.3) is 0 Å². The maximum Gasteiger partial charge on any atom is 0.254 e. The fourth-order valence-corrected chi connectivity index (χ4v) is 3.46. The zero-order valence-electron chi connectivity index (χ0n) is 14.7. The molecule has 2 heterocycles. The Balaban J connectivity index is 1.67. The molecule has 6 heteroatoms. The van der Waals surface area contributed by atoms with E-state index in [-0.39, 0.29) is 18.2 Å². The van der Waals surface area contributed by atoms with E-state index in [2.05, 4.69) is 36.3 Å². The number of ether oxygens (including phenoxy) is 2. The van der Waals surface area contributed by atoms with Crippen LogP contribution in [-0.4, -0.2) is 68.8 Å². The summed E-state index contributed by atoms with van der Waals surface area (Å²) in [6.45, 7) is 2.84. The molecule has 24 heavy (non-hydrogen) atoms. The second-order valence-corrected chi connectivity index (χ2v) is 6.99. The van der Waals surface area contributed by atoms with Crippen molar-refractivity contribution in [2.75, 3.05) is 47.6 Å². The van der Waals surface area contributed by atoms with Gasteiger partial charge < -0.3 is 24.6 Å². The number of benzene rings is 1. The molecule has 1 aromatic carbocycles. The molecule has 0 saturated carbocycles. The quantitative estimate of drug-likeness (QED) is 0.898. The van der Waals surface area contributed by atoms with Gasteiger partial charge in [-0.05, 0) is 53.1 Å². The molecule has 0 aliphatic carbocycles. The van der Waals surface area contributed by atoms with Crippen LogP contribution in [0.2, 0.25) is 0 Å². The normalized spacial score (nSPS) is 23.4. The first kappa shape index (κ1) is 17.2. The highest BCUT2D eigenvalue weighted by Crippen LogP contribution is 2.32. The van der Waals surface area contributed by atoms with Crippen molar-refractivity contribution in [1.82, 2.24) is 15.1 Å². The summed E-state index contributed by atoms with van der Waals surface area (Å²) in [7, 11) is 6.33. The van der Waals surface area contributed by atoms with Gasteiger partial charge in [0.1, 0.15) is 5.75 Å². The minimum absolute atomic E-state index is 0.00680. The summed E-state index contributed by atoms with van der Waals surface area (Å²) in [5.74, 6) is 0.636. The van der Waals surface area contributed by atoms with Gasteiger partial charge in [0.05, 0.1) is 0 Å². The van der Waals surface area contributed by atoms with Crippen LogP contribution >= 0.6 is 0 Å². The predicted octanol–water partition coefficient (Wildman–Crippen LogP) is 1.24. The smallest absolute Gasteiger partial charge is 0.254 e. The molecular formula is C18H27N3O3. The summed E-state index contributed by atoms with van der Waals surface area (Å²) in [5.41, 5.74) is 0.802. The minimum Gasteiger partial charge on any atom is -0.467 e. The van der Waals surface area contributed by atoms with Crippen LogP contribution in [0, 0.1) is 0 Å². The van der Waals surface area contributed by atoms with Gasteiger partial charge in [0, 0.05) is 17.6 Å². The van der Waals surface area contributed by atoms with Crippen LogP contribution in [0.4, 0.5) is 0 Å². The molecule has 1 amide bonds. The van der Waals surface area contributed by atoms with Crippen LogP contribution < -0.4 is 10.1 Å². The van der Waals surface area contributed by atoms with Gasteiger partial charge in [-0.1, -0.05) is 18.2 Å². The lowest BCUT2D eigenvalue weighted by Crippen LogP contribution is -2.58. The standard InChI is InChI=1S/C18H27N3O3/c1-20(2)18(8-10-21(3)11-9-18)12-19-17(22)16-14-6-4-5-7-15(14)23-13-24-16/h4-7,16H,8-13H2,1-3H3,(H,19,22). The van der Waals surface area contributed by atoms with E-state index in [0.717, 1.165) is 37.2 Å². The number of hydrogen-bond donors (Lipinski definition) is 1. The fourth-order valence-electron chi connectivity index (χ4n) is 3.46. The van der Waals surface area contributed by atoms with Gasteiger partial charge in [-0.2, -0.15) is 0 Å². The predicted molar refractivity (Wildman–Crippen MR) is 91.9 cm³/mol. The Labute approximate surface area is 143 Å². The minimum atomic E-state index is -0.597. The van der Waals surface area contributed by atoms with E-state index >= 15 is 0 Å². The number of piperidine rings is 1. The maximum atomic E-state index is 12.7. The molecule has 1 fully saturated rings. The van der Waals surface area contributed by atoms with Gasteiger partial charge in [0.25, 0.3) is 5.91 Å². The number of carbonyl (C=O) groups is 1. The highest BCUT2D eigenvalue weighted by atomic mass is 16.7. The van der Waals surface area contributed by atoms with Crippen molar-refractivity contribution in [2.24, 2.45) is 0 Å². The summed E-state index contributed by atoms with van der Waals surface area (Å²) in [6.07, 6.45) is 1.49. The molecule has 3 rings (SSSR count). The van der Waals surface area contributed by atoms with Gasteiger partial charge in [0.15, 0.2) is 12.9 Å². The summed E-state index contributed by atoms with van der Waals surface area (Å²) in [6, 6.07) is 7.56. The Hall–Kier alpha value is -1.63. The Bertz CT molecular complexity index is 583. The monoisotopic (exact) mass is 333 g/mol. The fraction of sp³-hybridized carbons (Fsp3) is 0.611. The largest absolute Gasteiger partial charge is 0.467 e. The third-order valence-electron chi connectivity index (χ3n) is 5.35.